The quantitative estimate of drug-likeness (QED) is 0.150. The van der Waals surface area contributed by atoms with Crippen LogP contribution in [0, 0.1) is 35.0 Å². The Morgan fingerprint density at radius 3 is 1.85 bits per heavy atom. The van der Waals surface area contributed by atoms with Gasteiger partial charge in [-0.1, -0.05) is 231 Å². The summed E-state index contributed by atoms with van der Waals surface area (Å²) in [4.78, 5) is 5.18. The minimum Gasteiger partial charge on any atom is -0.310 e. The SMILES string of the molecule is CC.Cc1ccc(N(C2=C3C=C(C(C)(C)C)C=CC3C(c3c4c(c(N(C5=CCC(C)(C)C=C5)c5ccccc5)c5cc(C(C)(C)C)ccc35)C=CC(C(C)(C)C)C4)c3cc(C(C)C)ccc32)c2ccccc2)cc1. The number of nitrogens with zero attached hydrogens (tertiary/aromatic N) is 2. The number of fused-ring (bicyclic) bond motifs is 4. The van der Waals surface area contributed by atoms with Crippen LogP contribution < -0.4 is 9.80 Å². The fraction of sp³-hybridized carbons (Fsp3) is 0.361. The number of anilines is 4. The van der Waals surface area contributed by atoms with E-state index in [1.54, 1.807) is 0 Å². The van der Waals surface area contributed by atoms with Gasteiger partial charge in [-0.2, -0.15) is 0 Å². The highest BCUT2D eigenvalue weighted by molar-refractivity contribution is 6.06. The van der Waals surface area contributed by atoms with E-state index in [1.807, 2.05) is 13.8 Å². The monoisotopic (exact) mass is 977 g/mol. The lowest BCUT2D eigenvalue weighted by atomic mass is 9.63. The van der Waals surface area contributed by atoms with Crippen molar-refractivity contribution in [1.82, 2.24) is 0 Å². The van der Waals surface area contributed by atoms with E-state index in [0.717, 1.165) is 18.5 Å². The van der Waals surface area contributed by atoms with Crippen molar-refractivity contribution in [3.05, 3.63) is 225 Å². The number of allylic oxidation sites excluding steroid dienone is 9. The predicted molar refractivity (Wildman–Crippen MR) is 323 cm³/mol. The fourth-order valence-electron chi connectivity index (χ4n) is 11.7. The number of hydrogen-bond acceptors (Lipinski definition) is 2. The van der Waals surface area contributed by atoms with Crippen LogP contribution in [0.5, 0.6) is 0 Å². The molecule has 4 aliphatic carbocycles. The van der Waals surface area contributed by atoms with Gasteiger partial charge in [-0.05, 0) is 146 Å². The van der Waals surface area contributed by atoms with Gasteiger partial charge in [0.2, 0.25) is 0 Å². The highest BCUT2D eigenvalue weighted by atomic mass is 15.2. The first-order valence-electron chi connectivity index (χ1n) is 27.9. The molecular formula is C72H84N2. The third kappa shape index (κ3) is 9.99. The molecule has 4 aliphatic rings. The van der Waals surface area contributed by atoms with Crippen LogP contribution in [0.2, 0.25) is 0 Å². The van der Waals surface area contributed by atoms with E-state index in [2.05, 4.69) is 277 Å². The molecule has 10 rings (SSSR count). The minimum absolute atomic E-state index is 0.0276. The predicted octanol–water partition coefficient (Wildman–Crippen LogP) is 20.7. The lowest BCUT2D eigenvalue weighted by molar-refractivity contribution is 0.290. The van der Waals surface area contributed by atoms with Crippen molar-refractivity contribution < 1.29 is 0 Å². The third-order valence-corrected chi connectivity index (χ3v) is 16.2. The van der Waals surface area contributed by atoms with Gasteiger partial charge < -0.3 is 9.80 Å². The summed E-state index contributed by atoms with van der Waals surface area (Å²) >= 11 is 0. The van der Waals surface area contributed by atoms with Gasteiger partial charge in [-0.15, -0.1) is 0 Å². The van der Waals surface area contributed by atoms with Gasteiger partial charge in [0.25, 0.3) is 0 Å². The molecule has 0 aromatic heterocycles. The molecule has 0 bridgehead atoms. The zero-order chi connectivity index (χ0) is 53.1. The third-order valence-electron chi connectivity index (χ3n) is 16.2. The molecular weight excluding hydrogens is 893 g/mol. The maximum Gasteiger partial charge on any atom is 0.0615 e. The van der Waals surface area contributed by atoms with Crippen molar-refractivity contribution in [2.75, 3.05) is 9.80 Å². The molecule has 0 radical (unpaired) electrons. The molecule has 2 nitrogen and oxygen atoms in total. The molecule has 0 spiro atoms. The largest absolute Gasteiger partial charge is 0.310 e. The average Bonchev–Trinajstić information content (AvgIpc) is 3.41. The van der Waals surface area contributed by atoms with Crippen LogP contribution in [-0.4, -0.2) is 0 Å². The smallest absolute Gasteiger partial charge is 0.0615 e. The molecule has 0 saturated carbocycles. The van der Waals surface area contributed by atoms with E-state index >= 15 is 0 Å². The molecule has 0 fully saturated rings. The summed E-state index contributed by atoms with van der Waals surface area (Å²) in [5.41, 5.74) is 21.1. The molecule has 74 heavy (non-hydrogen) atoms. The van der Waals surface area contributed by atoms with Crippen molar-refractivity contribution >= 4 is 45.3 Å². The lowest BCUT2D eigenvalue weighted by Crippen LogP contribution is -2.32. The van der Waals surface area contributed by atoms with E-state index in [-0.39, 0.29) is 33.5 Å². The number of aryl methyl sites for hydroxylation is 1. The maximum absolute atomic E-state index is 2.61. The summed E-state index contributed by atoms with van der Waals surface area (Å²) in [6.07, 6.45) is 22.0. The van der Waals surface area contributed by atoms with Crippen LogP contribution in [0.25, 0.3) is 22.5 Å². The van der Waals surface area contributed by atoms with Crippen LogP contribution in [0.15, 0.2) is 181 Å². The summed E-state index contributed by atoms with van der Waals surface area (Å²) in [5.74, 6) is 0.786. The number of hydrogen-bond donors (Lipinski definition) is 0. The molecule has 2 heteroatoms. The van der Waals surface area contributed by atoms with Gasteiger partial charge in [0.05, 0.1) is 11.4 Å². The van der Waals surface area contributed by atoms with Crippen LogP contribution in [0.3, 0.4) is 0 Å². The van der Waals surface area contributed by atoms with Gasteiger partial charge >= 0.3 is 0 Å². The van der Waals surface area contributed by atoms with Gasteiger partial charge in [0, 0.05) is 51.1 Å². The second-order valence-electron chi connectivity index (χ2n) is 25.6. The molecule has 0 N–H and O–H groups in total. The maximum atomic E-state index is 2.61. The lowest BCUT2D eigenvalue weighted by Gasteiger charge is -2.44. The Hall–Kier alpha value is -6.38. The van der Waals surface area contributed by atoms with Gasteiger partial charge in [0.1, 0.15) is 0 Å². The summed E-state index contributed by atoms with van der Waals surface area (Å²) in [5, 5.41) is 2.67. The van der Waals surface area contributed by atoms with Gasteiger partial charge in [-0.25, -0.2) is 0 Å². The standard InChI is InChI=1S/C70H78N2.C2H6/c1-45(2)47-27-33-57-59(41-47)63(55-34-28-49(68(7,8)9)43-61(55)65(57)71(51-21-17-15-18-22-51)53-31-25-46(3)26-32-53)64-56-35-29-50(69(10,11)12)44-62(56)66(58-36-30-48(42-60(58)64)67(4,5)6)72(52-23-19-16-20-24-52)54-37-39-70(13,14)40-38-54;1-2/h15-39,41,43-45,48,55,63H,40,42H2,1-14H3;1-2H3. The summed E-state index contributed by atoms with van der Waals surface area (Å²) in [7, 11) is 0. The summed E-state index contributed by atoms with van der Waals surface area (Å²) in [6.45, 7) is 37.1. The molecule has 6 aromatic rings. The van der Waals surface area contributed by atoms with Crippen molar-refractivity contribution in [1.29, 1.82) is 0 Å². The highest BCUT2D eigenvalue weighted by Crippen LogP contribution is 2.58. The fourth-order valence-corrected chi connectivity index (χ4v) is 11.7. The summed E-state index contributed by atoms with van der Waals surface area (Å²) in [6, 6.07) is 46.5. The molecule has 3 atom stereocenters. The average molecular weight is 977 g/mol. The molecule has 0 heterocycles. The Morgan fingerprint density at radius 1 is 0.635 bits per heavy atom. The molecule has 0 amide bonds. The first-order chi connectivity index (χ1) is 35.1. The minimum atomic E-state index is -0.0636. The summed E-state index contributed by atoms with van der Waals surface area (Å²) < 4.78 is 0. The van der Waals surface area contributed by atoms with E-state index in [0.29, 0.717) is 11.8 Å². The van der Waals surface area contributed by atoms with Gasteiger partial charge in [-0.3, -0.25) is 0 Å². The van der Waals surface area contributed by atoms with Crippen molar-refractivity contribution in [3.63, 3.8) is 0 Å². The van der Waals surface area contributed by atoms with Gasteiger partial charge in [0.15, 0.2) is 0 Å². The van der Waals surface area contributed by atoms with E-state index < -0.39 is 0 Å². The Labute approximate surface area is 447 Å². The molecule has 0 aliphatic heterocycles. The van der Waals surface area contributed by atoms with E-state index in [9.17, 15) is 0 Å². The number of benzene rings is 6. The Bertz CT molecular complexity index is 3230. The van der Waals surface area contributed by atoms with Crippen LogP contribution in [0.4, 0.5) is 22.7 Å². The molecule has 382 valence electrons. The molecule has 0 saturated heterocycles. The topological polar surface area (TPSA) is 6.48 Å². The first-order valence-corrected chi connectivity index (χ1v) is 27.9. The number of rotatable bonds is 8. The molecule has 6 aromatic carbocycles. The van der Waals surface area contributed by atoms with Crippen LogP contribution >= 0.6 is 0 Å². The zero-order valence-electron chi connectivity index (χ0n) is 47.8. The Balaban J connectivity index is 0.00000332. The Kier molecular flexibility index (Phi) is 14.2. The van der Waals surface area contributed by atoms with Crippen molar-refractivity contribution in [2.45, 2.75) is 141 Å². The second-order valence-corrected chi connectivity index (χ2v) is 25.6. The van der Waals surface area contributed by atoms with Crippen LogP contribution in [0.1, 0.15) is 167 Å². The first kappa shape index (κ1) is 52.5. The zero-order valence-corrected chi connectivity index (χ0v) is 47.8. The second kappa shape index (κ2) is 20.0. The number of para-hydroxylation sites is 2. The van der Waals surface area contributed by atoms with Crippen molar-refractivity contribution in [3.8, 4) is 0 Å². The normalized spacial score (nSPS) is 19.0. The van der Waals surface area contributed by atoms with E-state index in [1.165, 1.54) is 94.9 Å². The van der Waals surface area contributed by atoms with Crippen molar-refractivity contribution in [2.24, 2.45) is 28.1 Å². The molecule has 3 unspecified atom stereocenters. The highest BCUT2D eigenvalue weighted by Gasteiger charge is 2.43. The van der Waals surface area contributed by atoms with E-state index in [4.69, 9.17) is 0 Å². The Morgan fingerprint density at radius 2 is 1.27 bits per heavy atom. The van der Waals surface area contributed by atoms with Crippen LogP contribution in [-0.2, 0) is 11.8 Å².